The normalized spacial score (nSPS) is 10.8. The monoisotopic (exact) mass is 356 g/mol. The summed E-state index contributed by atoms with van der Waals surface area (Å²) < 4.78 is 10.5. The Labute approximate surface area is 153 Å². The van der Waals surface area contributed by atoms with E-state index in [0.29, 0.717) is 22.6 Å². The molecule has 2 amide bonds. The summed E-state index contributed by atoms with van der Waals surface area (Å²) in [6, 6.07) is 13.6. The number of ether oxygens (including phenoxy) is 2. The number of carbonyl (C=O) groups is 2. The van der Waals surface area contributed by atoms with Gasteiger partial charge in [0.05, 0.1) is 19.8 Å². The third-order valence-corrected chi connectivity index (χ3v) is 3.75. The van der Waals surface area contributed by atoms with Crippen LogP contribution in [0.1, 0.15) is 41.5 Å². The van der Waals surface area contributed by atoms with E-state index >= 15 is 0 Å². The molecule has 2 aromatic rings. The average Bonchev–Trinajstić information content (AvgIpc) is 2.64. The lowest BCUT2D eigenvalue weighted by atomic mass is 10.1. The van der Waals surface area contributed by atoms with Crippen LogP contribution in [0, 0.1) is 0 Å². The van der Waals surface area contributed by atoms with Crippen molar-refractivity contribution in [2.75, 3.05) is 14.2 Å². The molecule has 2 aromatic carbocycles. The molecule has 0 spiro atoms. The highest BCUT2D eigenvalue weighted by Crippen LogP contribution is 2.28. The molecule has 0 aliphatic rings. The van der Waals surface area contributed by atoms with Crippen LogP contribution in [-0.2, 0) is 0 Å². The molecular formula is C20H24N2O4. The Bertz CT molecular complexity index is 782. The molecule has 6 nitrogen and oxygen atoms in total. The Hall–Kier alpha value is -3.02. The van der Waals surface area contributed by atoms with Crippen LogP contribution in [0.2, 0.25) is 0 Å². The maximum Gasteiger partial charge on any atom is 0.272 e. The van der Waals surface area contributed by atoms with Gasteiger partial charge in [-0.3, -0.25) is 15.0 Å². The molecule has 6 heteroatoms. The molecule has 0 saturated carbocycles. The highest BCUT2D eigenvalue weighted by molar-refractivity contribution is 5.99. The first-order chi connectivity index (χ1) is 12.3. The third-order valence-electron chi connectivity index (χ3n) is 3.75. The Morgan fingerprint density at radius 2 is 1.50 bits per heavy atom. The van der Waals surface area contributed by atoms with Gasteiger partial charge in [-0.05, 0) is 51.1 Å². The molecule has 0 fully saturated rings. The minimum absolute atomic E-state index is 0.345. The zero-order valence-electron chi connectivity index (χ0n) is 15.7. The molecule has 0 unspecified atom stereocenters. The number of carbonyl (C=O) groups excluding carboxylic acids is 2. The summed E-state index contributed by atoms with van der Waals surface area (Å²) in [5.41, 5.74) is 2.93. The van der Waals surface area contributed by atoms with Crippen LogP contribution in [0.15, 0.2) is 48.5 Å². The maximum absolute atomic E-state index is 13.0. The van der Waals surface area contributed by atoms with Crippen LogP contribution >= 0.6 is 0 Å². The predicted octanol–water partition coefficient (Wildman–Crippen LogP) is 3.29. The van der Waals surface area contributed by atoms with E-state index in [1.165, 1.54) is 19.2 Å². The summed E-state index contributed by atoms with van der Waals surface area (Å²) in [6.45, 7) is 5.53. The Morgan fingerprint density at radius 1 is 0.885 bits per heavy atom. The number of benzene rings is 2. The van der Waals surface area contributed by atoms with Gasteiger partial charge in [0.15, 0.2) is 11.5 Å². The number of methoxy groups -OCH3 is 2. The van der Waals surface area contributed by atoms with Gasteiger partial charge in [0.2, 0.25) is 0 Å². The number of hydrogen-bond donors (Lipinski definition) is 1. The number of rotatable bonds is 4. The van der Waals surface area contributed by atoms with Gasteiger partial charge in [-0.25, -0.2) is 5.01 Å². The van der Waals surface area contributed by atoms with Gasteiger partial charge >= 0.3 is 0 Å². The van der Waals surface area contributed by atoms with E-state index in [-0.39, 0.29) is 11.8 Å². The Kier molecular flexibility index (Phi) is 5.87. The van der Waals surface area contributed by atoms with E-state index in [4.69, 9.17) is 9.47 Å². The lowest BCUT2D eigenvalue weighted by molar-refractivity contribution is 0.0358. The van der Waals surface area contributed by atoms with Gasteiger partial charge in [-0.2, -0.15) is 0 Å². The van der Waals surface area contributed by atoms with Crippen LogP contribution in [0.5, 0.6) is 11.5 Å². The molecule has 1 N–H and O–H groups in total. The van der Waals surface area contributed by atoms with Gasteiger partial charge in [-0.15, -0.1) is 0 Å². The molecule has 0 heterocycles. The molecule has 0 aliphatic heterocycles. The number of hydrogen-bond acceptors (Lipinski definition) is 4. The van der Waals surface area contributed by atoms with Crippen molar-refractivity contribution < 1.29 is 19.1 Å². The molecule has 0 atom stereocenters. The first-order valence-electron chi connectivity index (χ1n) is 8.20. The highest BCUT2D eigenvalue weighted by Gasteiger charge is 2.30. The van der Waals surface area contributed by atoms with Crippen molar-refractivity contribution in [3.8, 4) is 11.5 Å². The zero-order valence-corrected chi connectivity index (χ0v) is 15.7. The molecule has 0 aromatic heterocycles. The first kappa shape index (κ1) is 19.3. The van der Waals surface area contributed by atoms with E-state index < -0.39 is 5.54 Å². The number of hydrazine groups is 1. The number of nitrogens with one attached hydrogen (secondary N) is 1. The van der Waals surface area contributed by atoms with E-state index in [0.717, 1.165) is 0 Å². The summed E-state index contributed by atoms with van der Waals surface area (Å²) in [5.74, 6) is 0.276. The van der Waals surface area contributed by atoms with Crippen LogP contribution in [-0.4, -0.2) is 36.6 Å². The maximum atomic E-state index is 13.0. The summed E-state index contributed by atoms with van der Waals surface area (Å²) in [4.78, 5) is 25.6. The van der Waals surface area contributed by atoms with Gasteiger partial charge in [-0.1, -0.05) is 18.2 Å². The third kappa shape index (κ3) is 4.33. The molecule has 0 radical (unpaired) electrons. The fraction of sp³-hybridized carbons (Fsp3) is 0.300. The minimum atomic E-state index is -0.630. The van der Waals surface area contributed by atoms with E-state index in [2.05, 4.69) is 5.43 Å². The molecule has 0 saturated heterocycles. The van der Waals surface area contributed by atoms with Crippen molar-refractivity contribution >= 4 is 11.8 Å². The minimum Gasteiger partial charge on any atom is -0.493 e. The van der Waals surface area contributed by atoms with Gasteiger partial charge < -0.3 is 9.47 Å². The molecular weight excluding hydrogens is 332 g/mol. The fourth-order valence-corrected chi connectivity index (χ4v) is 2.38. The highest BCUT2D eigenvalue weighted by atomic mass is 16.5. The van der Waals surface area contributed by atoms with E-state index in [1.54, 1.807) is 42.5 Å². The second-order valence-electron chi connectivity index (χ2n) is 6.69. The zero-order chi connectivity index (χ0) is 19.3. The van der Waals surface area contributed by atoms with Crippen molar-refractivity contribution in [1.29, 1.82) is 0 Å². The van der Waals surface area contributed by atoms with Gasteiger partial charge in [0, 0.05) is 11.1 Å². The predicted molar refractivity (Wildman–Crippen MR) is 99.4 cm³/mol. The lowest BCUT2D eigenvalue weighted by Crippen LogP contribution is -2.55. The average molecular weight is 356 g/mol. The van der Waals surface area contributed by atoms with Crippen molar-refractivity contribution in [2.45, 2.75) is 26.3 Å². The van der Waals surface area contributed by atoms with Crippen LogP contribution in [0.3, 0.4) is 0 Å². The summed E-state index contributed by atoms with van der Waals surface area (Å²) in [6.07, 6.45) is 0. The van der Waals surface area contributed by atoms with Gasteiger partial charge in [0.1, 0.15) is 0 Å². The number of amides is 2. The van der Waals surface area contributed by atoms with Crippen molar-refractivity contribution in [3.63, 3.8) is 0 Å². The second kappa shape index (κ2) is 7.91. The number of nitrogens with zero attached hydrogens (tertiary/aromatic N) is 1. The van der Waals surface area contributed by atoms with Crippen LogP contribution in [0.4, 0.5) is 0 Å². The Balaban J connectivity index is 2.32. The Morgan fingerprint density at radius 3 is 2.04 bits per heavy atom. The summed E-state index contributed by atoms with van der Waals surface area (Å²) in [7, 11) is 3.03. The standard InChI is InChI=1S/C20H24N2O4/c1-20(2,3)22(21-18(23)14-9-7-6-8-10-14)19(24)15-11-12-16(25-4)17(13-15)26-5/h6-13H,1-5H3,(H,21,23). The van der Waals surface area contributed by atoms with Crippen LogP contribution in [0.25, 0.3) is 0 Å². The van der Waals surface area contributed by atoms with Crippen molar-refractivity contribution in [3.05, 3.63) is 59.7 Å². The fourth-order valence-electron chi connectivity index (χ4n) is 2.38. The SMILES string of the molecule is COc1ccc(C(=O)N(NC(=O)c2ccccc2)C(C)(C)C)cc1OC. The molecule has 2 rings (SSSR count). The molecule has 0 aliphatic carbocycles. The summed E-state index contributed by atoms with van der Waals surface area (Å²) >= 11 is 0. The second-order valence-corrected chi connectivity index (χ2v) is 6.69. The quantitative estimate of drug-likeness (QED) is 0.854. The first-order valence-corrected chi connectivity index (χ1v) is 8.20. The largest absolute Gasteiger partial charge is 0.493 e. The van der Waals surface area contributed by atoms with Crippen LogP contribution < -0.4 is 14.9 Å². The van der Waals surface area contributed by atoms with E-state index in [1.807, 2.05) is 26.8 Å². The smallest absolute Gasteiger partial charge is 0.272 e. The molecule has 138 valence electrons. The molecule has 0 bridgehead atoms. The van der Waals surface area contributed by atoms with Crippen molar-refractivity contribution in [1.82, 2.24) is 10.4 Å². The van der Waals surface area contributed by atoms with Crippen molar-refractivity contribution in [2.24, 2.45) is 0 Å². The van der Waals surface area contributed by atoms with Gasteiger partial charge in [0.25, 0.3) is 11.8 Å². The topological polar surface area (TPSA) is 67.9 Å². The molecule has 26 heavy (non-hydrogen) atoms. The summed E-state index contributed by atoms with van der Waals surface area (Å²) in [5, 5.41) is 1.32. The van der Waals surface area contributed by atoms with E-state index in [9.17, 15) is 9.59 Å². The lowest BCUT2D eigenvalue weighted by Gasteiger charge is -2.35.